The molecule has 0 saturated heterocycles. The van der Waals surface area contributed by atoms with Gasteiger partial charge in [-0.15, -0.1) is 0 Å². The Morgan fingerprint density at radius 3 is 2.27 bits per heavy atom. The number of nitrogens with zero attached hydrogens (tertiary/aromatic N) is 1. The van der Waals surface area contributed by atoms with Crippen molar-refractivity contribution in [1.82, 2.24) is 4.72 Å². The predicted octanol–water partition coefficient (Wildman–Crippen LogP) is -0.496. The summed E-state index contributed by atoms with van der Waals surface area (Å²) in [5, 5.41) is 0. The minimum absolute atomic E-state index is 0.0153. The predicted molar refractivity (Wildman–Crippen MR) is 90.0 cm³/mol. The molecule has 0 amide bonds. The second-order valence-electron chi connectivity index (χ2n) is 5.78. The van der Waals surface area contributed by atoms with Crippen molar-refractivity contribution >= 4 is 15.7 Å². The quantitative estimate of drug-likeness (QED) is 0.641. The zero-order chi connectivity index (χ0) is 16.8. The molecule has 1 atom stereocenters. The Bertz CT molecular complexity index is 542. The lowest BCUT2D eigenvalue weighted by Gasteiger charge is -2.23. The maximum atomic E-state index is 11.9. The van der Waals surface area contributed by atoms with Gasteiger partial charge in [0.05, 0.1) is 33.0 Å². The number of nitrogens with one attached hydrogen (secondary N) is 2. The van der Waals surface area contributed by atoms with Crippen LogP contribution >= 0.6 is 0 Å². The Morgan fingerprint density at radius 2 is 1.82 bits per heavy atom. The van der Waals surface area contributed by atoms with Crippen molar-refractivity contribution in [1.29, 1.82) is 0 Å². The minimum atomic E-state index is -3.30. The summed E-state index contributed by atoms with van der Waals surface area (Å²) in [7, 11) is 6.23. The normalized spacial score (nSPS) is 13.4. The lowest BCUT2D eigenvalue weighted by molar-refractivity contribution is -0.890. The number of methoxy groups -OCH3 is 1. The van der Waals surface area contributed by atoms with Crippen LogP contribution in [-0.2, 0) is 14.8 Å². The van der Waals surface area contributed by atoms with Crippen LogP contribution in [0.25, 0.3) is 0 Å². The average molecular weight is 330 g/mol. The number of rotatable bonds is 9. The molecule has 0 fully saturated rings. The fourth-order valence-electron chi connectivity index (χ4n) is 2.14. The van der Waals surface area contributed by atoms with Crippen LogP contribution in [0.1, 0.15) is 11.6 Å². The summed E-state index contributed by atoms with van der Waals surface area (Å²) in [5.74, 6) is -0.0153. The smallest absolute Gasteiger partial charge is 0.214 e. The summed E-state index contributed by atoms with van der Waals surface area (Å²) >= 11 is 0. The first-order chi connectivity index (χ1) is 10.3. The molecular weight excluding hydrogens is 302 g/mol. The van der Waals surface area contributed by atoms with E-state index >= 15 is 0 Å². The molecule has 1 aromatic rings. The van der Waals surface area contributed by atoms with Gasteiger partial charge in [0.2, 0.25) is 10.0 Å². The summed E-state index contributed by atoms with van der Waals surface area (Å²) in [6.45, 7) is 0.571. The molecule has 0 saturated carbocycles. The first-order valence-electron chi connectivity index (χ1n) is 7.30. The Hall–Kier alpha value is -1.15. The Labute approximate surface area is 134 Å². The molecule has 1 aromatic carbocycles. The fraction of sp³-hybridized carbons (Fsp3) is 0.600. The Balaban J connectivity index is 2.78. The highest BCUT2D eigenvalue weighted by Gasteiger charge is 2.21. The number of benzene rings is 1. The molecule has 0 aliphatic heterocycles. The van der Waals surface area contributed by atoms with Crippen LogP contribution in [0.5, 0.6) is 0 Å². The van der Waals surface area contributed by atoms with Crippen molar-refractivity contribution in [3.63, 3.8) is 0 Å². The summed E-state index contributed by atoms with van der Waals surface area (Å²) in [6, 6.07) is 8.26. The van der Waals surface area contributed by atoms with Gasteiger partial charge in [-0.05, 0) is 12.1 Å². The van der Waals surface area contributed by atoms with E-state index < -0.39 is 10.0 Å². The number of likely N-dealkylation sites (N-methyl/N-ethyl adjacent to an activating group) is 1. The first kappa shape index (κ1) is 18.9. The number of quaternary nitrogens is 1. The van der Waals surface area contributed by atoms with E-state index in [9.17, 15) is 8.42 Å². The van der Waals surface area contributed by atoms with Gasteiger partial charge in [-0.3, -0.25) is 0 Å². The third-order valence-electron chi connectivity index (χ3n) is 3.57. The van der Waals surface area contributed by atoms with Crippen molar-refractivity contribution < 1.29 is 18.1 Å². The lowest BCUT2D eigenvalue weighted by atomic mass is 10.1. The van der Waals surface area contributed by atoms with Gasteiger partial charge in [0.25, 0.3) is 0 Å². The van der Waals surface area contributed by atoms with Crippen molar-refractivity contribution in [2.24, 2.45) is 0 Å². The van der Waals surface area contributed by atoms with Gasteiger partial charge < -0.3 is 14.5 Å². The molecule has 0 bridgehead atoms. The highest BCUT2D eigenvalue weighted by Crippen LogP contribution is 2.16. The molecule has 0 heterocycles. The van der Waals surface area contributed by atoms with Crippen LogP contribution in [0.2, 0.25) is 0 Å². The van der Waals surface area contributed by atoms with Crippen LogP contribution < -0.4 is 14.5 Å². The number of anilines is 1. The van der Waals surface area contributed by atoms with E-state index in [1.54, 1.807) is 0 Å². The van der Waals surface area contributed by atoms with Gasteiger partial charge in [0, 0.05) is 32.5 Å². The molecule has 0 radical (unpaired) electrons. The van der Waals surface area contributed by atoms with E-state index in [1.165, 1.54) is 12.0 Å². The molecule has 0 unspecified atom stereocenters. The molecule has 0 spiro atoms. The van der Waals surface area contributed by atoms with Gasteiger partial charge >= 0.3 is 0 Å². The van der Waals surface area contributed by atoms with Crippen molar-refractivity contribution in [3.8, 4) is 0 Å². The summed E-state index contributed by atoms with van der Waals surface area (Å²) in [6.07, 6.45) is 0. The number of ether oxygens (including phenoxy) is 1. The van der Waals surface area contributed by atoms with E-state index in [1.807, 2.05) is 45.2 Å². The molecule has 7 heteroatoms. The molecule has 126 valence electrons. The van der Waals surface area contributed by atoms with Crippen LogP contribution in [0, 0.1) is 0 Å². The highest BCUT2D eigenvalue weighted by atomic mass is 32.2. The van der Waals surface area contributed by atoms with E-state index in [2.05, 4.69) is 16.9 Å². The molecular formula is C15H28N3O3S+. The van der Waals surface area contributed by atoms with Gasteiger partial charge in [-0.1, -0.05) is 12.1 Å². The Morgan fingerprint density at radius 1 is 1.23 bits per heavy atom. The number of hydrogen-bond donors (Lipinski definition) is 2. The molecule has 1 rings (SSSR count). The van der Waals surface area contributed by atoms with Crippen molar-refractivity contribution in [2.75, 3.05) is 59.1 Å². The zero-order valence-corrected chi connectivity index (χ0v) is 14.9. The van der Waals surface area contributed by atoms with Gasteiger partial charge in [0.1, 0.15) is 6.04 Å². The SMILES string of the molecule is COCCS(=O)(=O)NC[C@H](c1ccc(N(C)C)cc1)[NH+](C)C. The van der Waals surface area contributed by atoms with E-state index in [-0.39, 0.29) is 18.4 Å². The zero-order valence-electron chi connectivity index (χ0n) is 14.1. The van der Waals surface area contributed by atoms with E-state index in [0.717, 1.165) is 11.3 Å². The highest BCUT2D eigenvalue weighted by molar-refractivity contribution is 7.89. The second-order valence-corrected chi connectivity index (χ2v) is 7.70. The maximum Gasteiger partial charge on any atom is 0.214 e. The molecule has 0 aromatic heterocycles. The van der Waals surface area contributed by atoms with Crippen LogP contribution in [0.3, 0.4) is 0 Å². The third kappa shape index (κ3) is 5.92. The standard InChI is InChI=1S/C15H27N3O3S/c1-17(2)14-8-6-13(7-9-14)15(18(3)4)12-16-22(19,20)11-10-21-5/h6-9,15-16H,10-12H2,1-5H3/p+1/t15-/m1/s1. The summed E-state index contributed by atoms with van der Waals surface area (Å²) in [4.78, 5) is 3.21. The van der Waals surface area contributed by atoms with Gasteiger partial charge in [-0.25, -0.2) is 13.1 Å². The van der Waals surface area contributed by atoms with Crippen molar-refractivity contribution in [3.05, 3.63) is 29.8 Å². The minimum Gasteiger partial charge on any atom is -0.384 e. The van der Waals surface area contributed by atoms with Crippen LogP contribution in [0.4, 0.5) is 5.69 Å². The monoisotopic (exact) mass is 330 g/mol. The maximum absolute atomic E-state index is 11.9. The molecule has 2 N–H and O–H groups in total. The third-order valence-corrected chi connectivity index (χ3v) is 4.88. The fourth-order valence-corrected chi connectivity index (χ4v) is 3.09. The molecule has 0 aliphatic rings. The van der Waals surface area contributed by atoms with Crippen LogP contribution in [0.15, 0.2) is 24.3 Å². The van der Waals surface area contributed by atoms with Gasteiger partial charge in [0.15, 0.2) is 0 Å². The second kappa shape index (κ2) is 8.47. The topological polar surface area (TPSA) is 63.1 Å². The average Bonchev–Trinajstić information content (AvgIpc) is 2.45. The van der Waals surface area contributed by atoms with Crippen molar-refractivity contribution in [2.45, 2.75) is 6.04 Å². The largest absolute Gasteiger partial charge is 0.384 e. The molecule has 0 aliphatic carbocycles. The Kier molecular flexibility index (Phi) is 7.28. The summed E-state index contributed by atoms with van der Waals surface area (Å²) in [5.41, 5.74) is 2.23. The first-order valence-corrected chi connectivity index (χ1v) is 8.95. The number of sulfonamides is 1. The number of hydrogen-bond acceptors (Lipinski definition) is 4. The molecule has 6 nitrogen and oxygen atoms in total. The lowest BCUT2D eigenvalue weighted by Crippen LogP contribution is -3.07. The van der Waals surface area contributed by atoms with Gasteiger partial charge in [-0.2, -0.15) is 0 Å². The van der Waals surface area contributed by atoms with E-state index in [4.69, 9.17) is 4.74 Å². The molecule has 22 heavy (non-hydrogen) atoms. The van der Waals surface area contributed by atoms with E-state index in [0.29, 0.717) is 6.54 Å². The summed E-state index contributed by atoms with van der Waals surface area (Å²) < 4.78 is 31.3. The van der Waals surface area contributed by atoms with Crippen LogP contribution in [-0.4, -0.2) is 62.6 Å².